The third-order valence-corrected chi connectivity index (χ3v) is 2.89. The maximum atomic E-state index is 8.97. The molecule has 0 bridgehead atoms. The molecule has 1 fully saturated rings. The van der Waals surface area contributed by atoms with Gasteiger partial charge in [-0.15, -0.1) is 0 Å². The van der Waals surface area contributed by atoms with E-state index in [9.17, 15) is 0 Å². The summed E-state index contributed by atoms with van der Waals surface area (Å²) in [5.41, 5.74) is 1.75. The Hall–Kier alpha value is -2.19. The van der Waals surface area contributed by atoms with Crippen molar-refractivity contribution in [1.29, 1.82) is 5.26 Å². The summed E-state index contributed by atoms with van der Waals surface area (Å²) in [5.74, 6) is 0.819. The van der Waals surface area contributed by atoms with Gasteiger partial charge in [0.1, 0.15) is 17.5 Å². The molecule has 2 aromatic heterocycles. The highest BCUT2D eigenvalue weighted by atomic mass is 16.5. The molecule has 1 unspecified atom stereocenters. The van der Waals surface area contributed by atoms with E-state index in [0.717, 1.165) is 18.7 Å². The highest BCUT2D eigenvalue weighted by Crippen LogP contribution is 2.28. The van der Waals surface area contributed by atoms with Crippen molar-refractivity contribution >= 4 is 0 Å². The highest BCUT2D eigenvalue weighted by molar-refractivity contribution is 5.64. The summed E-state index contributed by atoms with van der Waals surface area (Å²) < 4.78 is 5.27. The summed E-state index contributed by atoms with van der Waals surface area (Å²) in [5, 5.41) is 16.2. The number of hydrogen-bond acceptors (Lipinski definition) is 5. The van der Waals surface area contributed by atoms with Crippen LogP contribution < -0.4 is 5.32 Å². The average molecular weight is 226 g/mol. The van der Waals surface area contributed by atoms with Crippen molar-refractivity contribution < 1.29 is 4.52 Å². The molecule has 2 aromatic rings. The first kappa shape index (κ1) is 10.00. The lowest BCUT2D eigenvalue weighted by Gasteiger charge is -2.24. The first-order valence-corrected chi connectivity index (χ1v) is 5.44. The Bertz CT molecular complexity index is 580. The van der Waals surface area contributed by atoms with Crippen molar-refractivity contribution in [2.45, 2.75) is 12.5 Å². The lowest BCUT2D eigenvalue weighted by atomic mass is 10.0. The van der Waals surface area contributed by atoms with Crippen molar-refractivity contribution in [3.8, 4) is 17.3 Å². The molecule has 1 atom stereocenters. The molecule has 17 heavy (non-hydrogen) atoms. The van der Waals surface area contributed by atoms with Crippen LogP contribution in [0.3, 0.4) is 0 Å². The van der Waals surface area contributed by atoms with E-state index in [1.165, 1.54) is 0 Å². The highest BCUT2D eigenvalue weighted by Gasteiger charge is 2.23. The molecule has 3 rings (SSSR count). The second-order valence-electron chi connectivity index (χ2n) is 3.92. The van der Waals surface area contributed by atoms with E-state index in [2.05, 4.69) is 21.5 Å². The van der Waals surface area contributed by atoms with Gasteiger partial charge < -0.3 is 9.84 Å². The van der Waals surface area contributed by atoms with E-state index in [0.29, 0.717) is 17.0 Å². The molecule has 5 nitrogen and oxygen atoms in total. The Morgan fingerprint density at radius 1 is 1.53 bits per heavy atom. The molecular weight excluding hydrogens is 216 g/mol. The smallest absolute Gasteiger partial charge is 0.154 e. The minimum atomic E-state index is 0.262. The Morgan fingerprint density at radius 3 is 3.12 bits per heavy atom. The summed E-state index contributed by atoms with van der Waals surface area (Å²) >= 11 is 0. The topological polar surface area (TPSA) is 74.7 Å². The maximum absolute atomic E-state index is 8.97. The number of nitrogens with zero attached hydrogens (tertiary/aromatic N) is 3. The molecule has 0 amide bonds. The van der Waals surface area contributed by atoms with Gasteiger partial charge in [0.05, 0.1) is 6.04 Å². The summed E-state index contributed by atoms with van der Waals surface area (Å²) in [7, 11) is 0. The number of rotatable bonds is 2. The first-order chi connectivity index (χ1) is 8.38. The Balaban J connectivity index is 1.98. The van der Waals surface area contributed by atoms with E-state index < -0.39 is 0 Å². The fourth-order valence-corrected chi connectivity index (χ4v) is 1.81. The number of pyridine rings is 1. The van der Waals surface area contributed by atoms with Gasteiger partial charge >= 0.3 is 0 Å². The molecule has 0 radical (unpaired) electrons. The second-order valence-corrected chi connectivity index (χ2v) is 3.92. The summed E-state index contributed by atoms with van der Waals surface area (Å²) in [6.07, 6.45) is 2.66. The third-order valence-electron chi connectivity index (χ3n) is 2.89. The van der Waals surface area contributed by atoms with Crippen LogP contribution >= 0.6 is 0 Å². The average Bonchev–Trinajstić information content (AvgIpc) is 2.76. The van der Waals surface area contributed by atoms with Gasteiger partial charge in [-0.1, -0.05) is 5.16 Å². The van der Waals surface area contributed by atoms with Crippen LogP contribution in [0.2, 0.25) is 0 Å². The molecule has 3 heterocycles. The Morgan fingerprint density at radius 2 is 2.41 bits per heavy atom. The lowest BCUT2D eigenvalue weighted by molar-refractivity contribution is 0.282. The van der Waals surface area contributed by atoms with E-state index >= 15 is 0 Å². The SMILES string of the molecule is N#Cc1ncccc1-c1cc(C2CCN2)on1. The molecule has 84 valence electrons. The molecule has 0 aromatic carbocycles. The lowest BCUT2D eigenvalue weighted by Crippen LogP contribution is -2.34. The van der Waals surface area contributed by atoms with E-state index in [1.807, 2.05) is 12.1 Å². The van der Waals surface area contributed by atoms with Gasteiger partial charge in [-0.3, -0.25) is 0 Å². The molecule has 1 aliphatic rings. The zero-order chi connectivity index (χ0) is 11.7. The predicted molar refractivity (Wildman–Crippen MR) is 59.8 cm³/mol. The van der Waals surface area contributed by atoms with Crippen LogP contribution in [0.15, 0.2) is 28.9 Å². The normalized spacial score (nSPS) is 18.4. The number of hydrogen-bond donors (Lipinski definition) is 1. The van der Waals surface area contributed by atoms with Gasteiger partial charge in [0.25, 0.3) is 0 Å². The largest absolute Gasteiger partial charge is 0.359 e. The summed E-state index contributed by atoms with van der Waals surface area (Å²) in [6, 6.07) is 7.79. The van der Waals surface area contributed by atoms with Gasteiger partial charge in [-0.05, 0) is 25.1 Å². The Labute approximate surface area is 98.1 Å². The van der Waals surface area contributed by atoms with Gasteiger partial charge in [-0.2, -0.15) is 5.26 Å². The molecule has 1 saturated heterocycles. The maximum Gasteiger partial charge on any atom is 0.154 e. The predicted octanol–water partition coefficient (Wildman–Crippen LogP) is 1.64. The van der Waals surface area contributed by atoms with Gasteiger partial charge in [0, 0.05) is 17.8 Å². The van der Waals surface area contributed by atoms with E-state index in [4.69, 9.17) is 9.78 Å². The molecule has 0 spiro atoms. The Kier molecular flexibility index (Phi) is 2.35. The molecule has 1 N–H and O–H groups in total. The third kappa shape index (κ3) is 1.69. The molecule has 0 saturated carbocycles. The van der Waals surface area contributed by atoms with Crippen molar-refractivity contribution in [1.82, 2.24) is 15.5 Å². The standard InChI is InChI=1S/C12H10N4O/c13-7-11-8(2-1-4-14-11)10-6-12(17-16-10)9-3-5-15-9/h1-2,4,6,9,15H,3,5H2. The molecule has 1 aliphatic heterocycles. The fourth-order valence-electron chi connectivity index (χ4n) is 1.81. The van der Waals surface area contributed by atoms with Crippen LogP contribution in [-0.4, -0.2) is 16.7 Å². The van der Waals surface area contributed by atoms with Crippen molar-refractivity contribution in [3.05, 3.63) is 35.9 Å². The van der Waals surface area contributed by atoms with Crippen molar-refractivity contribution in [3.63, 3.8) is 0 Å². The van der Waals surface area contributed by atoms with Crippen LogP contribution in [0.5, 0.6) is 0 Å². The fraction of sp³-hybridized carbons (Fsp3) is 0.250. The zero-order valence-corrected chi connectivity index (χ0v) is 9.05. The minimum Gasteiger partial charge on any atom is -0.359 e. The monoisotopic (exact) mass is 226 g/mol. The number of nitrogens with one attached hydrogen (secondary N) is 1. The van der Waals surface area contributed by atoms with E-state index in [-0.39, 0.29) is 6.04 Å². The van der Waals surface area contributed by atoms with Crippen LogP contribution in [0, 0.1) is 11.3 Å². The van der Waals surface area contributed by atoms with Crippen LogP contribution in [0.4, 0.5) is 0 Å². The van der Waals surface area contributed by atoms with Crippen LogP contribution in [0.1, 0.15) is 23.9 Å². The van der Waals surface area contributed by atoms with Crippen molar-refractivity contribution in [2.24, 2.45) is 0 Å². The van der Waals surface area contributed by atoms with Crippen LogP contribution in [-0.2, 0) is 0 Å². The van der Waals surface area contributed by atoms with Gasteiger partial charge in [-0.25, -0.2) is 4.98 Å². The molecule has 5 heteroatoms. The van der Waals surface area contributed by atoms with Crippen LogP contribution in [0.25, 0.3) is 11.3 Å². The van der Waals surface area contributed by atoms with E-state index in [1.54, 1.807) is 12.3 Å². The molecular formula is C12H10N4O. The van der Waals surface area contributed by atoms with Crippen molar-refractivity contribution in [2.75, 3.05) is 6.54 Å². The number of nitriles is 1. The minimum absolute atomic E-state index is 0.262. The first-order valence-electron chi connectivity index (χ1n) is 5.44. The van der Waals surface area contributed by atoms with Gasteiger partial charge in [0.2, 0.25) is 0 Å². The zero-order valence-electron chi connectivity index (χ0n) is 9.05. The number of aromatic nitrogens is 2. The quantitative estimate of drug-likeness (QED) is 0.842. The second kappa shape index (κ2) is 4.00. The summed E-state index contributed by atoms with van der Waals surface area (Å²) in [6.45, 7) is 1.01. The summed E-state index contributed by atoms with van der Waals surface area (Å²) in [4.78, 5) is 4.00. The molecule has 0 aliphatic carbocycles. The van der Waals surface area contributed by atoms with Gasteiger partial charge in [0.15, 0.2) is 5.76 Å².